The van der Waals surface area contributed by atoms with Gasteiger partial charge in [-0.15, -0.1) is 0 Å². The Hall–Kier alpha value is -1.66. The summed E-state index contributed by atoms with van der Waals surface area (Å²) in [5.41, 5.74) is 0.692. The number of carbonyl (C=O) groups excluding carboxylic acids is 1. The van der Waals surface area contributed by atoms with Crippen LogP contribution < -0.4 is 4.90 Å². The van der Waals surface area contributed by atoms with Crippen LogP contribution in [-0.4, -0.2) is 74.7 Å². The molecule has 0 spiro atoms. The van der Waals surface area contributed by atoms with Gasteiger partial charge in [-0.05, 0) is 25.0 Å². The van der Waals surface area contributed by atoms with Crippen LogP contribution in [-0.2, 0) is 9.53 Å². The Morgan fingerprint density at radius 2 is 1.96 bits per heavy atom. The molecule has 0 aromatic heterocycles. The molecular weight excluding hydrogens is 309 g/mol. The van der Waals surface area contributed by atoms with Crippen molar-refractivity contribution in [1.82, 2.24) is 9.80 Å². The van der Waals surface area contributed by atoms with Crippen LogP contribution in [0.4, 0.5) is 10.1 Å². The molecular formula is C18H26FN3O2. The number of nitrogens with zero attached hydrogens (tertiary/aromatic N) is 3. The molecule has 5 nitrogen and oxygen atoms in total. The van der Waals surface area contributed by atoms with Gasteiger partial charge in [-0.1, -0.05) is 12.1 Å². The van der Waals surface area contributed by atoms with Crippen LogP contribution in [0.1, 0.15) is 12.8 Å². The molecule has 132 valence electrons. The van der Waals surface area contributed by atoms with E-state index in [2.05, 4.69) is 9.80 Å². The third kappa shape index (κ3) is 3.87. The van der Waals surface area contributed by atoms with Crippen LogP contribution in [0.3, 0.4) is 0 Å². The Labute approximate surface area is 143 Å². The number of likely N-dealkylation sites (tertiary alicyclic amines) is 1. The van der Waals surface area contributed by atoms with Gasteiger partial charge in [0.25, 0.3) is 0 Å². The second-order valence-electron chi connectivity index (χ2n) is 6.54. The lowest BCUT2D eigenvalue weighted by atomic mass is 10.0. The quantitative estimate of drug-likeness (QED) is 0.837. The molecule has 2 aliphatic heterocycles. The first kappa shape index (κ1) is 17.2. The number of benzene rings is 1. The molecule has 2 heterocycles. The van der Waals surface area contributed by atoms with Gasteiger partial charge in [0.15, 0.2) is 0 Å². The molecule has 1 atom stereocenters. The van der Waals surface area contributed by atoms with Crippen LogP contribution in [0.2, 0.25) is 0 Å². The van der Waals surface area contributed by atoms with Crippen molar-refractivity contribution >= 4 is 11.6 Å². The maximum Gasteiger partial charge on any atom is 0.248 e. The number of hydrogen-bond acceptors (Lipinski definition) is 4. The molecule has 0 unspecified atom stereocenters. The minimum Gasteiger partial charge on any atom is -0.375 e. The van der Waals surface area contributed by atoms with Gasteiger partial charge in [-0.2, -0.15) is 0 Å². The Kier molecular flexibility index (Phi) is 5.68. The highest BCUT2D eigenvalue weighted by atomic mass is 19.1. The van der Waals surface area contributed by atoms with E-state index in [1.807, 2.05) is 17.0 Å². The molecule has 24 heavy (non-hydrogen) atoms. The lowest BCUT2D eigenvalue weighted by Gasteiger charge is -2.44. The number of piperidine rings is 1. The van der Waals surface area contributed by atoms with Crippen LogP contribution in [0.25, 0.3) is 0 Å². The van der Waals surface area contributed by atoms with Gasteiger partial charge in [0.2, 0.25) is 5.91 Å². The predicted octanol–water partition coefficient (Wildman–Crippen LogP) is 1.59. The van der Waals surface area contributed by atoms with Crippen molar-refractivity contribution in [3.63, 3.8) is 0 Å². The van der Waals surface area contributed by atoms with Crippen LogP contribution in [0.5, 0.6) is 0 Å². The second kappa shape index (κ2) is 7.94. The SMILES string of the molecule is COCC(=O)N1CCC[C@H](N2CCN(c3ccccc3F)CC2)C1. The van der Waals surface area contributed by atoms with E-state index in [1.165, 1.54) is 6.07 Å². The maximum atomic E-state index is 13.9. The largest absolute Gasteiger partial charge is 0.375 e. The van der Waals surface area contributed by atoms with Gasteiger partial charge >= 0.3 is 0 Å². The number of rotatable bonds is 4. The van der Waals surface area contributed by atoms with Crippen molar-refractivity contribution in [2.45, 2.75) is 18.9 Å². The summed E-state index contributed by atoms with van der Waals surface area (Å²) in [6.07, 6.45) is 2.16. The summed E-state index contributed by atoms with van der Waals surface area (Å²) >= 11 is 0. The molecule has 2 fully saturated rings. The lowest BCUT2D eigenvalue weighted by Crippen LogP contribution is -2.56. The summed E-state index contributed by atoms with van der Waals surface area (Å²) in [6.45, 7) is 5.23. The van der Waals surface area contributed by atoms with Crippen molar-refractivity contribution < 1.29 is 13.9 Å². The van der Waals surface area contributed by atoms with Crippen molar-refractivity contribution in [2.75, 3.05) is 57.9 Å². The zero-order valence-electron chi connectivity index (χ0n) is 14.3. The van der Waals surface area contributed by atoms with E-state index in [0.29, 0.717) is 11.7 Å². The van der Waals surface area contributed by atoms with Crippen molar-refractivity contribution in [3.8, 4) is 0 Å². The number of piperazine rings is 1. The van der Waals surface area contributed by atoms with E-state index in [9.17, 15) is 9.18 Å². The minimum absolute atomic E-state index is 0.0761. The highest BCUT2D eigenvalue weighted by Crippen LogP contribution is 2.23. The average molecular weight is 335 g/mol. The fraction of sp³-hybridized carbons (Fsp3) is 0.611. The van der Waals surface area contributed by atoms with Gasteiger partial charge in [0, 0.05) is 52.4 Å². The summed E-state index contributed by atoms with van der Waals surface area (Å²) in [5, 5.41) is 0. The molecule has 2 saturated heterocycles. The molecule has 1 amide bonds. The molecule has 1 aromatic rings. The van der Waals surface area contributed by atoms with Gasteiger partial charge < -0.3 is 14.5 Å². The third-order valence-electron chi connectivity index (χ3n) is 5.04. The number of amides is 1. The standard InChI is InChI=1S/C18H26FN3O2/c1-24-14-18(23)22-8-4-5-15(13-22)20-9-11-21(12-10-20)17-7-3-2-6-16(17)19/h2-3,6-7,15H,4-5,8-14H2,1H3/t15-/m0/s1. The Bertz CT molecular complexity index is 561. The van der Waals surface area contributed by atoms with Gasteiger partial charge in [0.1, 0.15) is 12.4 Å². The van der Waals surface area contributed by atoms with E-state index in [-0.39, 0.29) is 18.3 Å². The van der Waals surface area contributed by atoms with Crippen LogP contribution in [0, 0.1) is 5.82 Å². The Morgan fingerprint density at radius 1 is 1.21 bits per heavy atom. The Balaban J connectivity index is 1.54. The molecule has 2 aliphatic rings. The number of carbonyl (C=O) groups is 1. The molecule has 0 N–H and O–H groups in total. The summed E-state index contributed by atoms with van der Waals surface area (Å²) < 4.78 is 18.9. The van der Waals surface area contributed by atoms with Crippen LogP contribution in [0.15, 0.2) is 24.3 Å². The smallest absolute Gasteiger partial charge is 0.248 e. The maximum absolute atomic E-state index is 13.9. The zero-order valence-corrected chi connectivity index (χ0v) is 14.3. The second-order valence-corrected chi connectivity index (χ2v) is 6.54. The summed E-state index contributed by atoms with van der Waals surface area (Å²) in [5.74, 6) is -0.0767. The first-order valence-corrected chi connectivity index (χ1v) is 8.69. The highest BCUT2D eigenvalue weighted by molar-refractivity contribution is 5.77. The van der Waals surface area contributed by atoms with E-state index in [1.54, 1.807) is 13.2 Å². The normalized spacial score (nSPS) is 22.7. The number of methoxy groups -OCH3 is 1. The number of hydrogen-bond donors (Lipinski definition) is 0. The first-order valence-electron chi connectivity index (χ1n) is 8.69. The fourth-order valence-corrected chi connectivity index (χ4v) is 3.73. The monoisotopic (exact) mass is 335 g/mol. The summed E-state index contributed by atoms with van der Waals surface area (Å²) in [7, 11) is 1.56. The number of ether oxygens (including phenoxy) is 1. The topological polar surface area (TPSA) is 36.0 Å². The van der Waals surface area contributed by atoms with Crippen LogP contribution >= 0.6 is 0 Å². The highest BCUT2D eigenvalue weighted by Gasteiger charge is 2.30. The predicted molar refractivity (Wildman–Crippen MR) is 91.7 cm³/mol. The van der Waals surface area contributed by atoms with E-state index < -0.39 is 0 Å². The van der Waals surface area contributed by atoms with Crippen molar-refractivity contribution in [3.05, 3.63) is 30.1 Å². The van der Waals surface area contributed by atoms with Gasteiger partial charge in [0.05, 0.1) is 5.69 Å². The number of halogens is 1. The van der Waals surface area contributed by atoms with Crippen molar-refractivity contribution in [1.29, 1.82) is 0 Å². The molecule has 1 aromatic carbocycles. The van der Waals surface area contributed by atoms with Crippen molar-refractivity contribution in [2.24, 2.45) is 0 Å². The summed E-state index contributed by atoms with van der Waals surface area (Å²) in [6, 6.07) is 7.37. The third-order valence-corrected chi connectivity index (χ3v) is 5.04. The first-order chi connectivity index (χ1) is 11.7. The fourth-order valence-electron chi connectivity index (χ4n) is 3.73. The minimum atomic E-state index is -0.153. The number of anilines is 1. The van der Waals surface area contributed by atoms with E-state index in [0.717, 1.165) is 52.1 Å². The van der Waals surface area contributed by atoms with Gasteiger partial charge in [-0.25, -0.2) is 4.39 Å². The molecule has 3 rings (SSSR count). The average Bonchev–Trinajstić information content (AvgIpc) is 2.63. The van der Waals surface area contributed by atoms with E-state index in [4.69, 9.17) is 4.74 Å². The Morgan fingerprint density at radius 3 is 2.67 bits per heavy atom. The molecule has 6 heteroatoms. The zero-order chi connectivity index (χ0) is 16.9. The molecule has 0 saturated carbocycles. The molecule has 0 radical (unpaired) electrons. The van der Waals surface area contributed by atoms with Gasteiger partial charge in [-0.3, -0.25) is 9.69 Å². The number of para-hydroxylation sites is 1. The molecule has 0 aliphatic carbocycles. The molecule has 0 bridgehead atoms. The van der Waals surface area contributed by atoms with E-state index >= 15 is 0 Å². The lowest BCUT2D eigenvalue weighted by molar-refractivity contribution is -0.137. The summed E-state index contributed by atoms with van der Waals surface area (Å²) in [4.78, 5) is 18.5.